The summed E-state index contributed by atoms with van der Waals surface area (Å²) < 4.78 is 3.61. The van der Waals surface area contributed by atoms with Gasteiger partial charge in [0.25, 0.3) is 11.8 Å². The number of carbonyl (C=O) groups excluding carboxylic acids is 2. The maximum atomic E-state index is 13.0. The monoisotopic (exact) mass is 407 g/mol. The first-order valence-corrected chi connectivity index (χ1v) is 10.1. The summed E-state index contributed by atoms with van der Waals surface area (Å²) in [7, 11) is 1.93. The van der Waals surface area contributed by atoms with Crippen LogP contribution in [0.4, 0.5) is 0 Å². The number of amides is 2. The number of nitrogens with zero attached hydrogens (tertiary/aromatic N) is 6. The van der Waals surface area contributed by atoms with E-state index >= 15 is 0 Å². The van der Waals surface area contributed by atoms with Crippen molar-refractivity contribution in [3.8, 4) is 0 Å². The first kappa shape index (κ1) is 19.8. The van der Waals surface area contributed by atoms with Crippen molar-refractivity contribution in [2.45, 2.75) is 32.9 Å². The molecule has 9 nitrogen and oxygen atoms in total. The number of rotatable bonds is 6. The molecule has 4 rings (SSSR count). The van der Waals surface area contributed by atoms with E-state index in [0.29, 0.717) is 43.9 Å². The molecule has 0 aromatic carbocycles. The van der Waals surface area contributed by atoms with Crippen LogP contribution >= 0.6 is 0 Å². The van der Waals surface area contributed by atoms with Gasteiger partial charge in [-0.25, -0.2) is 0 Å². The third kappa shape index (κ3) is 3.83. The predicted molar refractivity (Wildman–Crippen MR) is 110 cm³/mol. The zero-order valence-corrected chi connectivity index (χ0v) is 17.2. The van der Waals surface area contributed by atoms with Gasteiger partial charge in [0.2, 0.25) is 0 Å². The van der Waals surface area contributed by atoms with E-state index in [-0.39, 0.29) is 11.8 Å². The molecule has 1 N–H and O–H groups in total. The van der Waals surface area contributed by atoms with Crippen molar-refractivity contribution in [2.75, 3.05) is 13.1 Å². The second-order valence-corrected chi connectivity index (χ2v) is 7.25. The highest BCUT2D eigenvalue weighted by molar-refractivity contribution is 5.94. The molecule has 1 aliphatic rings. The molecule has 4 heterocycles. The summed E-state index contributed by atoms with van der Waals surface area (Å²) in [6, 6.07) is 5.23. The summed E-state index contributed by atoms with van der Waals surface area (Å²) in [6.07, 6.45) is 6.20. The molecule has 0 saturated carbocycles. The van der Waals surface area contributed by atoms with E-state index in [1.54, 1.807) is 41.5 Å². The Morgan fingerprint density at radius 1 is 1.23 bits per heavy atom. The van der Waals surface area contributed by atoms with Crippen molar-refractivity contribution in [3.63, 3.8) is 0 Å². The van der Waals surface area contributed by atoms with Crippen molar-refractivity contribution >= 4 is 11.8 Å². The Bertz CT molecular complexity index is 1050. The van der Waals surface area contributed by atoms with Crippen LogP contribution in [-0.2, 0) is 33.0 Å². The van der Waals surface area contributed by atoms with Crippen molar-refractivity contribution in [2.24, 2.45) is 7.05 Å². The van der Waals surface area contributed by atoms with E-state index in [2.05, 4.69) is 20.5 Å². The second-order valence-electron chi connectivity index (χ2n) is 7.25. The highest BCUT2D eigenvalue weighted by Gasteiger charge is 2.28. The Morgan fingerprint density at radius 2 is 2.10 bits per heavy atom. The maximum absolute atomic E-state index is 13.0. The Morgan fingerprint density at radius 3 is 2.87 bits per heavy atom. The Kier molecular flexibility index (Phi) is 5.60. The lowest BCUT2D eigenvalue weighted by Crippen LogP contribution is -2.37. The largest absolute Gasteiger partial charge is 0.352 e. The van der Waals surface area contributed by atoms with Gasteiger partial charge in [-0.15, -0.1) is 0 Å². The number of fused-ring (bicyclic) bond motifs is 1. The summed E-state index contributed by atoms with van der Waals surface area (Å²) in [5.41, 5.74) is 4.28. The molecule has 3 aromatic heterocycles. The first-order valence-electron chi connectivity index (χ1n) is 10.1. The Hall–Kier alpha value is -3.49. The molecule has 2 amide bonds. The fourth-order valence-electron chi connectivity index (χ4n) is 3.87. The van der Waals surface area contributed by atoms with Crippen LogP contribution in [0.1, 0.15) is 44.7 Å². The quantitative estimate of drug-likeness (QED) is 0.662. The Balaban J connectivity index is 1.44. The van der Waals surface area contributed by atoms with Crippen LogP contribution in [0.15, 0.2) is 36.8 Å². The molecular formula is C21H25N7O2. The third-order valence-electron chi connectivity index (χ3n) is 5.42. The molecule has 0 saturated heterocycles. The van der Waals surface area contributed by atoms with Crippen molar-refractivity contribution < 1.29 is 9.59 Å². The summed E-state index contributed by atoms with van der Waals surface area (Å²) in [6.45, 7) is 4.26. The van der Waals surface area contributed by atoms with Gasteiger partial charge in [-0.2, -0.15) is 10.2 Å². The van der Waals surface area contributed by atoms with Gasteiger partial charge in [-0.1, -0.05) is 0 Å². The lowest BCUT2D eigenvalue weighted by Gasteiger charge is -2.28. The molecule has 0 radical (unpaired) electrons. The Labute approximate surface area is 174 Å². The van der Waals surface area contributed by atoms with Gasteiger partial charge in [0.1, 0.15) is 5.69 Å². The number of hydrogen-bond donors (Lipinski definition) is 1. The predicted octanol–water partition coefficient (Wildman–Crippen LogP) is 1.20. The minimum absolute atomic E-state index is 0.0142. The number of pyridine rings is 1. The molecule has 3 aromatic rings. The zero-order chi connectivity index (χ0) is 21.1. The normalized spacial score (nSPS) is 13.2. The average molecular weight is 407 g/mol. The molecule has 0 unspecified atom stereocenters. The van der Waals surface area contributed by atoms with Crippen LogP contribution < -0.4 is 5.32 Å². The van der Waals surface area contributed by atoms with Crippen LogP contribution in [0.5, 0.6) is 0 Å². The van der Waals surface area contributed by atoms with E-state index in [4.69, 9.17) is 0 Å². The van der Waals surface area contributed by atoms with Crippen LogP contribution in [0.3, 0.4) is 0 Å². The zero-order valence-electron chi connectivity index (χ0n) is 17.2. The smallest absolute Gasteiger partial charge is 0.272 e. The lowest BCUT2D eigenvalue weighted by atomic mass is 10.0. The number of hydrogen-bond acceptors (Lipinski definition) is 5. The molecule has 1 aliphatic heterocycles. The molecule has 0 spiro atoms. The first-order chi connectivity index (χ1) is 14.6. The van der Waals surface area contributed by atoms with E-state index < -0.39 is 0 Å². The molecule has 0 atom stereocenters. The summed E-state index contributed by atoms with van der Waals surface area (Å²) in [5, 5.41) is 11.8. The fraction of sp³-hybridized carbons (Fsp3) is 0.381. The maximum Gasteiger partial charge on any atom is 0.272 e. The highest BCUT2D eigenvalue weighted by Crippen LogP contribution is 2.23. The van der Waals surface area contributed by atoms with Gasteiger partial charge < -0.3 is 10.2 Å². The fourth-order valence-corrected chi connectivity index (χ4v) is 3.87. The molecular weight excluding hydrogens is 382 g/mol. The molecule has 156 valence electrons. The number of aromatic nitrogens is 5. The standard InChI is InChI=1S/C21H25N7O2/c1-3-28-19(7-11-24-28)21(30)27-12-8-18-16(14-27)17(25-26(18)2)6-10-23-20(29)15-5-4-9-22-13-15/h4-5,7,9,11,13H,3,6,8,10,12,14H2,1-2H3,(H,23,29). The number of carbonyl (C=O) groups is 2. The van der Waals surface area contributed by atoms with E-state index in [9.17, 15) is 9.59 Å². The van der Waals surface area contributed by atoms with Gasteiger partial charge in [0.15, 0.2) is 0 Å². The summed E-state index contributed by atoms with van der Waals surface area (Å²) in [5.74, 6) is -0.169. The molecule has 0 fully saturated rings. The van der Waals surface area contributed by atoms with Gasteiger partial charge in [0.05, 0.1) is 11.3 Å². The average Bonchev–Trinajstić information content (AvgIpc) is 3.38. The summed E-state index contributed by atoms with van der Waals surface area (Å²) >= 11 is 0. The van der Waals surface area contributed by atoms with E-state index in [1.165, 1.54) is 0 Å². The van der Waals surface area contributed by atoms with Gasteiger partial charge in [0, 0.05) is 75.9 Å². The third-order valence-corrected chi connectivity index (χ3v) is 5.42. The van der Waals surface area contributed by atoms with Crippen LogP contribution in [-0.4, -0.2) is 54.3 Å². The van der Waals surface area contributed by atoms with Crippen molar-refractivity contribution in [1.29, 1.82) is 0 Å². The SMILES string of the molecule is CCn1nccc1C(=O)N1CCc2c(c(CCNC(=O)c3cccnc3)nn2C)C1. The number of nitrogens with one attached hydrogen (secondary N) is 1. The molecule has 9 heteroatoms. The topological polar surface area (TPSA) is 97.9 Å². The van der Waals surface area contributed by atoms with Gasteiger partial charge in [-0.3, -0.25) is 23.9 Å². The molecule has 0 aliphatic carbocycles. The van der Waals surface area contributed by atoms with Crippen molar-refractivity contribution in [3.05, 3.63) is 65.0 Å². The van der Waals surface area contributed by atoms with Crippen LogP contribution in [0.2, 0.25) is 0 Å². The van der Waals surface area contributed by atoms with Crippen molar-refractivity contribution in [1.82, 2.24) is 34.8 Å². The highest BCUT2D eigenvalue weighted by atomic mass is 16.2. The molecule has 0 bridgehead atoms. The minimum Gasteiger partial charge on any atom is -0.352 e. The lowest BCUT2D eigenvalue weighted by molar-refractivity contribution is 0.0720. The van der Waals surface area contributed by atoms with E-state index in [0.717, 1.165) is 23.4 Å². The molecule has 30 heavy (non-hydrogen) atoms. The number of aryl methyl sites for hydroxylation is 2. The van der Waals surface area contributed by atoms with Crippen LogP contribution in [0.25, 0.3) is 0 Å². The summed E-state index contributed by atoms with van der Waals surface area (Å²) in [4.78, 5) is 31.1. The van der Waals surface area contributed by atoms with Gasteiger partial charge >= 0.3 is 0 Å². The van der Waals surface area contributed by atoms with Gasteiger partial charge in [-0.05, 0) is 25.1 Å². The second kappa shape index (κ2) is 8.48. The van der Waals surface area contributed by atoms with Crippen LogP contribution in [0, 0.1) is 0 Å². The van der Waals surface area contributed by atoms with E-state index in [1.807, 2.05) is 23.6 Å². The minimum atomic E-state index is -0.155.